The summed E-state index contributed by atoms with van der Waals surface area (Å²) in [6, 6.07) is 0. The molecule has 0 saturated carbocycles. The van der Waals surface area contributed by atoms with Crippen molar-refractivity contribution in [2.24, 2.45) is 5.92 Å². The highest BCUT2D eigenvalue weighted by Gasteiger charge is 2.32. The maximum Gasteiger partial charge on any atom is 0.231 e. The van der Waals surface area contributed by atoms with Gasteiger partial charge in [-0.25, -0.2) is 0 Å². The van der Waals surface area contributed by atoms with E-state index < -0.39 is 0 Å². The van der Waals surface area contributed by atoms with Gasteiger partial charge >= 0.3 is 0 Å². The van der Waals surface area contributed by atoms with E-state index in [1.165, 1.54) is 0 Å². The van der Waals surface area contributed by atoms with Crippen LogP contribution in [0.25, 0.3) is 0 Å². The molecule has 2 atom stereocenters. The smallest absolute Gasteiger partial charge is 0.231 e. The summed E-state index contributed by atoms with van der Waals surface area (Å²) < 4.78 is 5.18. The van der Waals surface area contributed by atoms with Crippen molar-refractivity contribution in [2.45, 2.75) is 19.8 Å². The Bertz CT molecular complexity index is 297. The third-order valence-corrected chi connectivity index (χ3v) is 2.66. The number of nitrogens with zero attached hydrogens (tertiary/aromatic N) is 3. The SMILES string of the molecule is Cc1noc(C2CN(C)CC2C)n1. The zero-order valence-corrected chi connectivity index (χ0v) is 8.32. The Kier molecular flexibility index (Phi) is 2.07. The van der Waals surface area contributed by atoms with Gasteiger partial charge in [-0.1, -0.05) is 12.1 Å². The largest absolute Gasteiger partial charge is 0.339 e. The molecule has 13 heavy (non-hydrogen) atoms. The number of likely N-dealkylation sites (tertiary alicyclic amines) is 1. The maximum atomic E-state index is 5.18. The van der Waals surface area contributed by atoms with Crippen LogP contribution in [-0.4, -0.2) is 35.2 Å². The zero-order chi connectivity index (χ0) is 9.42. The van der Waals surface area contributed by atoms with Crippen LogP contribution in [0.3, 0.4) is 0 Å². The van der Waals surface area contributed by atoms with Crippen LogP contribution in [0.15, 0.2) is 4.52 Å². The third-order valence-electron chi connectivity index (χ3n) is 2.66. The third kappa shape index (κ3) is 1.58. The first kappa shape index (κ1) is 8.69. The first-order valence-corrected chi connectivity index (χ1v) is 4.65. The van der Waals surface area contributed by atoms with Crippen molar-refractivity contribution in [3.05, 3.63) is 11.7 Å². The Hall–Kier alpha value is -0.900. The molecule has 4 heteroatoms. The molecule has 0 aromatic carbocycles. The first-order valence-electron chi connectivity index (χ1n) is 4.65. The monoisotopic (exact) mass is 181 g/mol. The second-order valence-corrected chi connectivity index (χ2v) is 3.98. The van der Waals surface area contributed by atoms with Crippen molar-refractivity contribution in [2.75, 3.05) is 20.1 Å². The quantitative estimate of drug-likeness (QED) is 0.649. The van der Waals surface area contributed by atoms with E-state index in [0.29, 0.717) is 11.8 Å². The molecule has 0 radical (unpaired) electrons. The predicted octanol–water partition coefficient (Wildman–Crippen LogP) is 1.04. The van der Waals surface area contributed by atoms with E-state index in [9.17, 15) is 0 Å². The van der Waals surface area contributed by atoms with Crippen molar-refractivity contribution in [1.82, 2.24) is 15.0 Å². The molecule has 1 aliphatic heterocycles. The molecule has 4 nitrogen and oxygen atoms in total. The Balaban J connectivity index is 2.17. The molecular weight excluding hydrogens is 166 g/mol. The van der Waals surface area contributed by atoms with Gasteiger partial charge in [0.05, 0.1) is 5.92 Å². The fraction of sp³-hybridized carbons (Fsp3) is 0.778. The molecular formula is C9H15N3O. The van der Waals surface area contributed by atoms with Gasteiger partial charge in [-0.2, -0.15) is 4.98 Å². The summed E-state index contributed by atoms with van der Waals surface area (Å²) in [7, 11) is 2.12. The van der Waals surface area contributed by atoms with Gasteiger partial charge in [0.25, 0.3) is 0 Å². The predicted molar refractivity (Wildman–Crippen MR) is 48.4 cm³/mol. The van der Waals surface area contributed by atoms with Gasteiger partial charge in [-0.15, -0.1) is 0 Å². The normalized spacial score (nSPS) is 29.8. The van der Waals surface area contributed by atoms with Crippen LogP contribution in [0.5, 0.6) is 0 Å². The summed E-state index contributed by atoms with van der Waals surface area (Å²) in [6.45, 7) is 6.24. The standard InChI is InChI=1S/C9H15N3O/c1-6-4-12(3)5-8(6)9-10-7(2)11-13-9/h6,8H,4-5H2,1-3H3. The van der Waals surface area contributed by atoms with Gasteiger partial charge in [-0.3, -0.25) is 0 Å². The molecule has 2 unspecified atom stereocenters. The summed E-state index contributed by atoms with van der Waals surface area (Å²) in [5.41, 5.74) is 0. The molecule has 1 saturated heterocycles. The van der Waals surface area contributed by atoms with Crippen LogP contribution in [-0.2, 0) is 0 Å². The molecule has 0 bridgehead atoms. The summed E-state index contributed by atoms with van der Waals surface area (Å²) >= 11 is 0. The second kappa shape index (κ2) is 3.10. The van der Waals surface area contributed by atoms with E-state index in [-0.39, 0.29) is 0 Å². The van der Waals surface area contributed by atoms with Gasteiger partial charge in [0.1, 0.15) is 0 Å². The Morgan fingerprint density at radius 1 is 1.46 bits per heavy atom. The lowest BCUT2D eigenvalue weighted by atomic mass is 9.98. The first-order chi connectivity index (χ1) is 6.16. The Morgan fingerprint density at radius 3 is 2.69 bits per heavy atom. The minimum Gasteiger partial charge on any atom is -0.339 e. The lowest BCUT2D eigenvalue weighted by molar-refractivity contribution is 0.333. The highest BCUT2D eigenvalue weighted by molar-refractivity contribution is 5.00. The molecule has 72 valence electrons. The lowest BCUT2D eigenvalue weighted by Gasteiger charge is -2.07. The van der Waals surface area contributed by atoms with Crippen LogP contribution in [0.1, 0.15) is 24.6 Å². The van der Waals surface area contributed by atoms with Crippen LogP contribution in [0.2, 0.25) is 0 Å². The fourth-order valence-electron chi connectivity index (χ4n) is 1.99. The van der Waals surface area contributed by atoms with Crippen molar-refractivity contribution >= 4 is 0 Å². The van der Waals surface area contributed by atoms with Crippen molar-refractivity contribution in [3.63, 3.8) is 0 Å². The van der Waals surface area contributed by atoms with E-state index in [2.05, 4.69) is 29.0 Å². The van der Waals surface area contributed by atoms with Gasteiger partial charge in [0.2, 0.25) is 5.89 Å². The molecule has 1 fully saturated rings. The van der Waals surface area contributed by atoms with E-state index >= 15 is 0 Å². The summed E-state index contributed by atoms with van der Waals surface area (Å²) in [5.74, 6) is 2.57. The number of aromatic nitrogens is 2. The number of hydrogen-bond acceptors (Lipinski definition) is 4. The van der Waals surface area contributed by atoms with Crippen molar-refractivity contribution < 1.29 is 4.52 Å². The summed E-state index contributed by atoms with van der Waals surface area (Å²) in [5, 5.41) is 3.82. The number of hydrogen-bond donors (Lipinski definition) is 0. The fourth-order valence-corrected chi connectivity index (χ4v) is 1.99. The molecule has 1 aromatic rings. The summed E-state index contributed by atoms with van der Waals surface area (Å²) in [4.78, 5) is 6.57. The van der Waals surface area contributed by atoms with E-state index in [0.717, 1.165) is 24.8 Å². The molecule has 2 heterocycles. The lowest BCUT2D eigenvalue weighted by Crippen LogP contribution is -2.13. The topological polar surface area (TPSA) is 42.2 Å². The van der Waals surface area contributed by atoms with E-state index in [1.54, 1.807) is 0 Å². The highest BCUT2D eigenvalue weighted by Crippen LogP contribution is 2.29. The number of rotatable bonds is 1. The van der Waals surface area contributed by atoms with E-state index in [4.69, 9.17) is 4.52 Å². The average molecular weight is 181 g/mol. The molecule has 0 aliphatic carbocycles. The van der Waals surface area contributed by atoms with E-state index in [1.807, 2.05) is 6.92 Å². The molecule has 1 aromatic heterocycles. The maximum absolute atomic E-state index is 5.18. The Labute approximate surface area is 77.9 Å². The summed E-state index contributed by atoms with van der Waals surface area (Å²) in [6.07, 6.45) is 0. The highest BCUT2D eigenvalue weighted by atomic mass is 16.5. The van der Waals surface area contributed by atoms with Gasteiger partial charge in [-0.05, 0) is 19.9 Å². The zero-order valence-electron chi connectivity index (χ0n) is 8.32. The molecule has 0 spiro atoms. The molecule has 1 aliphatic rings. The molecule has 0 amide bonds. The Morgan fingerprint density at radius 2 is 2.23 bits per heavy atom. The van der Waals surface area contributed by atoms with Gasteiger partial charge in [0.15, 0.2) is 5.82 Å². The van der Waals surface area contributed by atoms with Crippen molar-refractivity contribution in [3.8, 4) is 0 Å². The number of aryl methyl sites for hydroxylation is 1. The second-order valence-electron chi connectivity index (χ2n) is 3.98. The van der Waals surface area contributed by atoms with Crippen LogP contribution in [0.4, 0.5) is 0 Å². The average Bonchev–Trinajstić information content (AvgIpc) is 2.58. The van der Waals surface area contributed by atoms with Crippen molar-refractivity contribution in [1.29, 1.82) is 0 Å². The molecule has 2 rings (SSSR count). The molecule has 0 N–H and O–H groups in total. The van der Waals surface area contributed by atoms with Crippen LogP contribution >= 0.6 is 0 Å². The van der Waals surface area contributed by atoms with Gasteiger partial charge < -0.3 is 9.42 Å². The minimum atomic E-state index is 0.422. The number of likely N-dealkylation sites (N-methyl/N-ethyl adjacent to an activating group) is 1. The van der Waals surface area contributed by atoms with Crippen LogP contribution < -0.4 is 0 Å². The van der Waals surface area contributed by atoms with Crippen LogP contribution in [0, 0.1) is 12.8 Å². The van der Waals surface area contributed by atoms with Gasteiger partial charge in [0, 0.05) is 13.1 Å². The minimum absolute atomic E-state index is 0.422.